The normalized spacial score (nSPS) is 24.9. The number of carbonyl (C=O) groups excluding carboxylic acids is 5. The summed E-state index contributed by atoms with van der Waals surface area (Å²) >= 11 is 0. The van der Waals surface area contributed by atoms with Gasteiger partial charge in [0, 0.05) is 18.8 Å². The average Bonchev–Trinajstić information content (AvgIpc) is 3.86. The molecule has 47 heavy (non-hydrogen) atoms. The first kappa shape index (κ1) is 38.5. The molecule has 2 spiro atoms. The number of nitrogens with one attached hydrogen (secondary N) is 2. The lowest BCUT2D eigenvalue weighted by Gasteiger charge is -2.39. The molecule has 13 heteroatoms. The number of rotatable bonds is 8. The maximum atomic E-state index is 14.5. The largest absolute Gasteiger partial charge is 0.464 e. The molecule has 0 radical (unpaired) electrons. The molecule has 4 saturated carbocycles. The Labute approximate surface area is 276 Å². The van der Waals surface area contributed by atoms with Gasteiger partial charge in [0.2, 0.25) is 0 Å². The van der Waals surface area contributed by atoms with E-state index in [9.17, 15) is 32.8 Å². The van der Waals surface area contributed by atoms with Crippen LogP contribution in [0.1, 0.15) is 120 Å². The third kappa shape index (κ3) is 11.3. The van der Waals surface area contributed by atoms with Gasteiger partial charge in [0.05, 0.1) is 19.1 Å². The number of hydrogen-bond acceptors (Lipinski definition) is 9. The highest BCUT2D eigenvalue weighted by Crippen LogP contribution is 2.61. The van der Waals surface area contributed by atoms with Gasteiger partial charge in [-0.2, -0.15) is 0 Å². The summed E-state index contributed by atoms with van der Waals surface area (Å²) < 4.78 is 49.3. The van der Waals surface area contributed by atoms with Gasteiger partial charge in [-0.1, -0.05) is 0 Å². The number of carbonyl (C=O) groups is 5. The molecule has 0 heterocycles. The number of Topliss-reactive ketones (excluding diaryl/α,β-unsaturated/α-hetero) is 1. The van der Waals surface area contributed by atoms with E-state index < -0.39 is 65.2 Å². The maximum absolute atomic E-state index is 14.5. The Morgan fingerprint density at radius 1 is 0.723 bits per heavy atom. The summed E-state index contributed by atoms with van der Waals surface area (Å²) in [5, 5.41) is 4.90. The zero-order valence-corrected chi connectivity index (χ0v) is 29.2. The molecule has 4 rings (SSSR count). The van der Waals surface area contributed by atoms with Crippen LogP contribution in [0.25, 0.3) is 0 Å². The first-order valence-electron chi connectivity index (χ1n) is 16.9. The van der Waals surface area contributed by atoms with Crippen molar-refractivity contribution in [1.82, 2.24) is 10.6 Å². The van der Waals surface area contributed by atoms with E-state index >= 15 is 0 Å². The molecule has 0 aromatic rings. The predicted molar refractivity (Wildman–Crippen MR) is 168 cm³/mol. The minimum atomic E-state index is -3.01. The van der Waals surface area contributed by atoms with Gasteiger partial charge in [-0.3, -0.25) is 4.79 Å². The predicted octanol–water partition coefficient (Wildman–Crippen LogP) is 6.25. The molecular formula is C34H54F2N2O9. The molecule has 0 saturated heterocycles. The van der Waals surface area contributed by atoms with E-state index in [1.807, 2.05) is 0 Å². The Kier molecular flexibility index (Phi) is 12.0. The summed E-state index contributed by atoms with van der Waals surface area (Å²) in [6.45, 7) is 13.8. The van der Waals surface area contributed by atoms with E-state index in [1.54, 1.807) is 55.4 Å². The van der Waals surface area contributed by atoms with Crippen LogP contribution in [0.15, 0.2) is 0 Å². The molecule has 2 amide bonds. The lowest BCUT2D eigenvalue weighted by molar-refractivity contribution is -0.160. The van der Waals surface area contributed by atoms with E-state index in [0.717, 1.165) is 32.1 Å². The fourth-order valence-corrected chi connectivity index (χ4v) is 6.50. The van der Waals surface area contributed by atoms with Crippen molar-refractivity contribution >= 4 is 29.9 Å². The fourth-order valence-electron chi connectivity index (χ4n) is 6.50. The lowest BCUT2D eigenvalue weighted by atomic mass is 9.73. The summed E-state index contributed by atoms with van der Waals surface area (Å²) in [7, 11) is 0. The van der Waals surface area contributed by atoms with Crippen molar-refractivity contribution in [1.29, 1.82) is 0 Å². The number of alkyl halides is 2. The lowest BCUT2D eigenvalue weighted by Crippen LogP contribution is -2.55. The van der Waals surface area contributed by atoms with Gasteiger partial charge in [-0.15, -0.1) is 0 Å². The zero-order valence-electron chi connectivity index (χ0n) is 29.2. The van der Waals surface area contributed by atoms with Crippen LogP contribution in [0, 0.1) is 22.7 Å². The standard InChI is InChI=1S/C17H27F2NO4.C17H27NO5/c1-5-23-13(21)12(20-14(22)24-15(2,3)4)11-10-16(6-7-16)8-9-17(11,18)19;1-5-22-14(20)13(18-15(21)23-16(2,3)4)11-10-17(8-9-17)7-6-12(11)19/h11-12H,5-10H2,1-4H3,(H,20,22);11,13H,5-10H2,1-4H3,(H,18,21)/t11-,12-;11-,13+/m01/s1. The minimum Gasteiger partial charge on any atom is -0.464 e. The molecule has 4 aliphatic carbocycles. The van der Waals surface area contributed by atoms with Crippen LogP contribution < -0.4 is 10.6 Å². The molecule has 4 fully saturated rings. The van der Waals surface area contributed by atoms with Crippen LogP contribution in [0.5, 0.6) is 0 Å². The number of amides is 2. The van der Waals surface area contributed by atoms with Crippen LogP contribution in [0.2, 0.25) is 0 Å². The Bertz CT molecular complexity index is 1170. The summed E-state index contributed by atoms with van der Waals surface area (Å²) in [5.41, 5.74) is -1.35. The summed E-state index contributed by atoms with van der Waals surface area (Å²) in [4.78, 5) is 60.9. The second-order valence-corrected chi connectivity index (χ2v) is 15.6. The van der Waals surface area contributed by atoms with Crippen molar-refractivity contribution in [3.63, 3.8) is 0 Å². The molecular weight excluding hydrogens is 618 g/mol. The average molecular weight is 673 g/mol. The monoisotopic (exact) mass is 672 g/mol. The van der Waals surface area contributed by atoms with Gasteiger partial charge in [-0.25, -0.2) is 28.0 Å². The van der Waals surface area contributed by atoms with Crippen molar-refractivity contribution in [3.05, 3.63) is 0 Å². The van der Waals surface area contributed by atoms with Crippen molar-refractivity contribution in [2.75, 3.05) is 13.2 Å². The van der Waals surface area contributed by atoms with Crippen LogP contribution in [-0.4, -0.2) is 72.3 Å². The Balaban J connectivity index is 0.000000256. The van der Waals surface area contributed by atoms with E-state index in [1.165, 1.54) is 0 Å². The van der Waals surface area contributed by atoms with Gasteiger partial charge in [-0.05, 0) is 118 Å². The Morgan fingerprint density at radius 2 is 1.15 bits per heavy atom. The van der Waals surface area contributed by atoms with E-state index in [2.05, 4.69) is 10.6 Å². The summed E-state index contributed by atoms with van der Waals surface area (Å²) in [5.74, 6) is -6.16. The molecule has 4 atom stereocenters. The molecule has 0 aliphatic heterocycles. The smallest absolute Gasteiger partial charge is 0.408 e. The quantitative estimate of drug-likeness (QED) is 0.226. The molecule has 2 N–H and O–H groups in total. The molecule has 4 aliphatic rings. The zero-order chi connectivity index (χ0) is 35.4. The number of ether oxygens (including phenoxy) is 4. The van der Waals surface area contributed by atoms with Crippen molar-refractivity contribution in [3.8, 4) is 0 Å². The van der Waals surface area contributed by atoms with Crippen molar-refractivity contribution in [2.45, 2.75) is 149 Å². The van der Waals surface area contributed by atoms with Gasteiger partial charge in [0.15, 0.2) is 0 Å². The molecule has 11 nitrogen and oxygen atoms in total. The number of halogens is 2. The molecule has 268 valence electrons. The second kappa shape index (κ2) is 14.6. The van der Waals surface area contributed by atoms with Crippen LogP contribution in [-0.2, 0) is 33.3 Å². The highest BCUT2D eigenvalue weighted by atomic mass is 19.3. The molecule has 0 aromatic heterocycles. The topological polar surface area (TPSA) is 146 Å². The third-order valence-electron chi connectivity index (χ3n) is 9.30. The summed E-state index contributed by atoms with van der Waals surface area (Å²) in [6.07, 6.45) is 4.86. The highest BCUT2D eigenvalue weighted by molar-refractivity contribution is 5.91. The van der Waals surface area contributed by atoms with E-state index in [0.29, 0.717) is 19.3 Å². The Morgan fingerprint density at radius 3 is 1.60 bits per heavy atom. The van der Waals surface area contributed by atoms with Gasteiger partial charge < -0.3 is 29.6 Å². The first-order valence-corrected chi connectivity index (χ1v) is 16.9. The number of ketones is 1. The fraction of sp³-hybridized carbons (Fsp3) is 0.853. The third-order valence-corrected chi connectivity index (χ3v) is 9.30. The minimum absolute atomic E-state index is 0.0247. The van der Waals surface area contributed by atoms with E-state index in [4.69, 9.17) is 18.9 Å². The number of hydrogen-bond donors (Lipinski definition) is 2. The highest BCUT2D eigenvalue weighted by Gasteiger charge is 2.59. The van der Waals surface area contributed by atoms with Gasteiger partial charge >= 0.3 is 24.1 Å². The Hall–Kier alpha value is -2.99. The number of esters is 2. The summed E-state index contributed by atoms with van der Waals surface area (Å²) in [6, 6.07) is -2.36. The van der Waals surface area contributed by atoms with Crippen LogP contribution in [0.3, 0.4) is 0 Å². The van der Waals surface area contributed by atoms with Gasteiger partial charge in [0.1, 0.15) is 29.1 Å². The van der Waals surface area contributed by atoms with Crippen molar-refractivity contribution in [2.24, 2.45) is 22.7 Å². The first-order chi connectivity index (χ1) is 21.6. The molecule has 0 bridgehead atoms. The number of alkyl carbamates (subject to hydrolysis) is 2. The molecule has 0 aromatic carbocycles. The molecule has 0 unspecified atom stereocenters. The van der Waals surface area contributed by atoms with Gasteiger partial charge in [0.25, 0.3) is 5.92 Å². The van der Waals surface area contributed by atoms with E-state index in [-0.39, 0.29) is 42.7 Å². The van der Waals surface area contributed by atoms with Crippen LogP contribution >= 0.6 is 0 Å². The van der Waals surface area contributed by atoms with Crippen molar-refractivity contribution < 1.29 is 51.7 Å². The van der Waals surface area contributed by atoms with Crippen LogP contribution in [0.4, 0.5) is 18.4 Å². The maximum Gasteiger partial charge on any atom is 0.408 e. The second-order valence-electron chi connectivity index (χ2n) is 15.6. The SMILES string of the molecule is CCOC(=O)[C@@H](NC(=O)OC(C)(C)C)[C@@H]1CC2(CC2)CCC1(F)F.CCOC(=O)[C@@H](NC(=O)OC(C)(C)C)[C@@H]1CC2(CCC1=O)CC2.